The van der Waals surface area contributed by atoms with Crippen LogP contribution in [-0.2, 0) is 26.9 Å². The van der Waals surface area contributed by atoms with Gasteiger partial charge in [0.25, 0.3) is 0 Å². The summed E-state index contributed by atoms with van der Waals surface area (Å²) >= 11 is 0. The van der Waals surface area contributed by atoms with E-state index in [9.17, 15) is 37.8 Å². The van der Waals surface area contributed by atoms with Gasteiger partial charge in [-0.1, -0.05) is 117 Å². The smallest absolute Gasteiger partial charge is 0.781 e. The van der Waals surface area contributed by atoms with E-state index in [4.69, 9.17) is 5.11 Å². The number of hydrogen-bond acceptors (Lipinski definition) is 11. The normalized spacial score (nSPS) is 12.4. The summed E-state index contributed by atoms with van der Waals surface area (Å²) in [6.07, 6.45) is 23.7. The minimum Gasteiger partial charge on any atom is -0.781 e. The molecule has 0 saturated heterocycles. The van der Waals surface area contributed by atoms with Crippen molar-refractivity contribution >= 4 is 33.0 Å². The van der Waals surface area contributed by atoms with Gasteiger partial charge in [0, 0.05) is 6.61 Å². The van der Waals surface area contributed by atoms with Crippen molar-refractivity contribution in [1.29, 1.82) is 0 Å². The summed E-state index contributed by atoms with van der Waals surface area (Å²) in [5.74, 6) is 0. The van der Waals surface area contributed by atoms with Gasteiger partial charge in [0.2, 0.25) is 0 Å². The minimum atomic E-state index is -3.51. The van der Waals surface area contributed by atoms with E-state index < -0.39 is 33.0 Å². The first-order chi connectivity index (χ1) is 16.2. The van der Waals surface area contributed by atoms with E-state index in [1.807, 2.05) is 0 Å². The van der Waals surface area contributed by atoms with E-state index in [0.29, 0.717) is 6.61 Å². The van der Waals surface area contributed by atoms with Crippen LogP contribution in [0.5, 0.6) is 0 Å². The molecule has 0 aromatic carbocycles. The average Bonchev–Trinajstić information content (AvgIpc) is 2.72. The van der Waals surface area contributed by atoms with Crippen molar-refractivity contribution in [3.63, 3.8) is 0 Å². The van der Waals surface area contributed by atoms with Crippen LogP contribution in [0.3, 0.4) is 0 Å². The Morgan fingerprint density at radius 1 is 0.462 bits per heavy atom. The molecule has 11 nitrogen and oxygen atoms in total. The van der Waals surface area contributed by atoms with Gasteiger partial charge in [0.1, 0.15) is 33.0 Å². The average molecular weight is 680 g/mol. The topological polar surface area (TPSA) is 199 Å². The predicted octanol–water partition coefficient (Wildman–Crippen LogP) is -7.71. The Bertz CT molecular complexity index is 462. The zero-order valence-corrected chi connectivity index (χ0v) is 36.3. The monoisotopic (exact) mass is 680 g/mol. The molecule has 0 aliphatic heterocycles. The molecule has 4 atom stereocenters. The van der Waals surface area contributed by atoms with Crippen LogP contribution in [0, 0.1) is 0 Å². The molecule has 39 heavy (non-hydrogen) atoms. The second-order valence-electron chi connectivity index (χ2n) is 7.58. The van der Waals surface area contributed by atoms with Crippen molar-refractivity contribution in [3.8, 4) is 0 Å². The Hall–Kier alpha value is 4.64. The summed E-state index contributed by atoms with van der Waals surface area (Å²) in [4.78, 5) is 37.1. The molecule has 0 heterocycles. The molecule has 0 radical (unpaired) electrons. The van der Waals surface area contributed by atoms with Crippen molar-refractivity contribution in [2.24, 2.45) is 0 Å². The van der Waals surface area contributed by atoms with E-state index in [1.54, 1.807) is 0 Å². The Labute approximate surface area is 328 Å². The largest absolute Gasteiger partial charge is 1.00 e. The molecular weight excluding hydrogens is 632 g/mol. The van der Waals surface area contributed by atoms with Crippen LogP contribution in [0.25, 0.3) is 0 Å². The van der Waals surface area contributed by atoms with Crippen LogP contribution in [0.4, 0.5) is 0 Å². The van der Waals surface area contributed by atoms with Gasteiger partial charge in [-0.25, -0.2) is 0 Å². The fraction of sp³-hybridized carbons (Fsp3) is 1.00. The molecule has 0 spiro atoms. The molecule has 19 heteroatoms. The zero-order valence-electron chi connectivity index (χ0n) is 24.3. The molecule has 0 aromatic heterocycles. The maximum Gasteiger partial charge on any atom is 1.00 e. The predicted molar refractivity (Wildman–Crippen MR) is 136 cm³/mol. The second-order valence-corrected chi connectivity index (χ2v) is 11.2. The first-order valence-corrected chi connectivity index (χ1v) is 16.9. The first-order valence-electron chi connectivity index (χ1n) is 12.0. The Balaban J connectivity index is -0.0000000710. The SMILES string of the molecule is C.CCCCCCCCCCCCCCCCCCCO.O=[PH]([O-])O[PH](=O)[O-].O=[PH]([O-])O[PH](=O)[O-].[Na+].[Na+].[Na+].[Na+]. The standard InChI is InChI=1S/C19H40O.CH4.4Na.2H4O5P2/c1-2-3-4-5-6-7-8-9-10-11-12-13-14-15-16-17-18-19-20;;;;;;2*1-6(2)5-7(3)4/h20H,2-19H2,1H3;1H4;;;;;2*6-7H,(H,1,2)(H,3,4)/q;;4*+1;;/p-4. The van der Waals surface area contributed by atoms with Gasteiger partial charge in [-0.3, -0.25) is 8.62 Å². The van der Waals surface area contributed by atoms with Crippen LogP contribution in [0.1, 0.15) is 124 Å². The molecule has 0 bridgehead atoms. The van der Waals surface area contributed by atoms with Crippen molar-refractivity contribution in [2.75, 3.05) is 6.61 Å². The summed E-state index contributed by atoms with van der Waals surface area (Å²) in [6.45, 7) is 2.66. The third-order valence-electron chi connectivity index (χ3n) is 4.60. The van der Waals surface area contributed by atoms with Crippen molar-refractivity contribution in [2.45, 2.75) is 124 Å². The van der Waals surface area contributed by atoms with E-state index in [1.165, 1.54) is 103 Å². The van der Waals surface area contributed by atoms with Crippen molar-refractivity contribution in [3.05, 3.63) is 0 Å². The summed E-state index contributed by atoms with van der Waals surface area (Å²) in [5, 5.41) is 8.68. The van der Waals surface area contributed by atoms with Gasteiger partial charge >= 0.3 is 118 Å². The molecule has 0 rings (SSSR count). The molecular formula is C20H48Na4O11P4. The third-order valence-corrected chi connectivity index (χ3v) is 7.26. The quantitative estimate of drug-likeness (QED) is 0.0687. The molecule has 1 N–H and O–H groups in total. The maximum atomic E-state index is 9.29. The maximum absolute atomic E-state index is 9.29. The molecule has 0 amide bonds. The van der Waals surface area contributed by atoms with Gasteiger partial charge in [-0.2, -0.15) is 0 Å². The van der Waals surface area contributed by atoms with Crippen molar-refractivity contribution in [1.82, 2.24) is 0 Å². The molecule has 0 aromatic rings. The van der Waals surface area contributed by atoms with Crippen LogP contribution in [-0.4, -0.2) is 11.7 Å². The van der Waals surface area contributed by atoms with Crippen LogP contribution in [0.15, 0.2) is 0 Å². The molecule has 0 saturated carbocycles. The molecule has 0 aliphatic rings. The van der Waals surface area contributed by atoms with E-state index in [-0.39, 0.29) is 126 Å². The third kappa shape index (κ3) is 80.2. The fourth-order valence-electron chi connectivity index (χ4n) is 2.97. The Kier molecular flexibility index (Phi) is 88.2. The number of unbranched alkanes of at least 4 members (excludes halogenated alkanes) is 16. The molecule has 218 valence electrons. The zero-order chi connectivity index (χ0) is 26.5. The van der Waals surface area contributed by atoms with E-state index in [2.05, 4.69) is 15.5 Å². The van der Waals surface area contributed by atoms with Crippen molar-refractivity contribution < 1.29 is 170 Å². The number of aliphatic hydroxyl groups excluding tert-OH is 1. The fourth-order valence-corrected chi connectivity index (χ4v) is 4.06. The van der Waals surface area contributed by atoms with Gasteiger partial charge in [0.15, 0.2) is 0 Å². The van der Waals surface area contributed by atoms with Crippen LogP contribution < -0.4 is 138 Å². The first kappa shape index (κ1) is 62.5. The number of rotatable bonds is 21. The van der Waals surface area contributed by atoms with Gasteiger partial charge in [-0.05, 0) is 6.42 Å². The molecule has 4 unspecified atom stereocenters. The number of hydrogen-bond donors (Lipinski definition) is 1. The Morgan fingerprint density at radius 2 is 0.641 bits per heavy atom. The second kappa shape index (κ2) is 55.1. The van der Waals surface area contributed by atoms with Crippen LogP contribution in [0.2, 0.25) is 0 Å². The minimum absolute atomic E-state index is 0. The summed E-state index contributed by atoms with van der Waals surface area (Å²) in [6, 6.07) is 0. The van der Waals surface area contributed by atoms with Gasteiger partial charge in [0.05, 0.1) is 0 Å². The summed E-state index contributed by atoms with van der Waals surface area (Å²) in [5.41, 5.74) is 0. The van der Waals surface area contributed by atoms with E-state index in [0.717, 1.165) is 6.42 Å². The van der Waals surface area contributed by atoms with E-state index >= 15 is 0 Å². The summed E-state index contributed by atoms with van der Waals surface area (Å²) in [7, 11) is -14.1. The van der Waals surface area contributed by atoms with Gasteiger partial charge in [-0.15, -0.1) is 0 Å². The van der Waals surface area contributed by atoms with Gasteiger partial charge < -0.3 is 42.9 Å². The Morgan fingerprint density at radius 3 is 0.769 bits per heavy atom. The van der Waals surface area contributed by atoms with Crippen LogP contribution >= 0.6 is 33.0 Å². The molecule has 0 aliphatic carbocycles. The summed E-state index contributed by atoms with van der Waals surface area (Å²) < 4.78 is 43.6. The number of aliphatic hydroxyl groups is 1. The molecule has 0 fully saturated rings.